The van der Waals surface area contributed by atoms with E-state index in [2.05, 4.69) is 0 Å². The minimum Gasteiger partial charge on any atom is -0.455 e. The summed E-state index contributed by atoms with van der Waals surface area (Å²) in [6.45, 7) is 0. The topological polar surface area (TPSA) is 13.1 Å². The van der Waals surface area contributed by atoms with Crippen LogP contribution in [-0.4, -0.2) is 0 Å². The molecule has 0 atom stereocenters. The first-order chi connectivity index (χ1) is 14.9. The third-order valence-corrected chi connectivity index (χ3v) is 4.62. The lowest BCUT2D eigenvalue weighted by Gasteiger charge is -2.08. The summed E-state index contributed by atoms with van der Waals surface area (Å²) in [6.07, 6.45) is 0. The van der Waals surface area contributed by atoms with Gasteiger partial charge in [0.25, 0.3) is 0 Å². The number of hydrogen-bond acceptors (Lipinski definition) is 1. The van der Waals surface area contributed by atoms with Crippen molar-refractivity contribution in [3.05, 3.63) is 95.9 Å². The van der Waals surface area contributed by atoms with Crippen LogP contribution in [0.1, 0.15) is 6.85 Å². The van der Waals surface area contributed by atoms with Gasteiger partial charge in [-0.3, -0.25) is 0 Å². The number of furan rings is 1. The van der Waals surface area contributed by atoms with Gasteiger partial charge in [0.05, 0.1) is 6.85 Å². The number of fused-ring (bicyclic) bond motifs is 3. The molecule has 0 bridgehead atoms. The van der Waals surface area contributed by atoms with Crippen molar-refractivity contribution in [3.63, 3.8) is 0 Å². The number of hydrogen-bond donors (Lipinski definition) is 0. The predicted molar refractivity (Wildman–Crippen MR) is 110 cm³/mol. The molecular formula is C24H15ClO. The molecule has 0 amide bonds. The second-order valence-corrected chi connectivity index (χ2v) is 6.45. The van der Waals surface area contributed by atoms with Crippen LogP contribution in [-0.2, 0) is 0 Å². The maximum Gasteiger partial charge on any atom is 0.143 e. The average molecular weight is 360 g/mol. The van der Waals surface area contributed by atoms with Gasteiger partial charge in [0.2, 0.25) is 0 Å². The molecule has 1 heterocycles. The quantitative estimate of drug-likeness (QED) is 0.316. The van der Waals surface area contributed by atoms with Crippen molar-refractivity contribution in [1.29, 1.82) is 0 Å². The molecule has 0 radical (unpaired) electrons. The van der Waals surface area contributed by atoms with Gasteiger partial charge < -0.3 is 4.42 Å². The van der Waals surface area contributed by atoms with Crippen molar-refractivity contribution in [1.82, 2.24) is 0 Å². The zero-order valence-corrected chi connectivity index (χ0v) is 14.3. The van der Waals surface area contributed by atoms with E-state index in [9.17, 15) is 0 Å². The zero-order valence-electron chi connectivity index (χ0n) is 18.6. The molecule has 1 nitrogen and oxygen atoms in total. The molecule has 0 saturated carbocycles. The summed E-state index contributed by atoms with van der Waals surface area (Å²) in [5, 5.41) is 2.37. The van der Waals surface area contributed by atoms with E-state index in [1.54, 1.807) is 18.2 Å². The molecule has 0 aliphatic heterocycles. The fraction of sp³-hybridized carbons (Fsp3) is 0. The Morgan fingerprint density at radius 3 is 2.38 bits per heavy atom. The van der Waals surface area contributed by atoms with Crippen LogP contribution >= 0.6 is 11.6 Å². The summed E-state index contributed by atoms with van der Waals surface area (Å²) < 4.78 is 46.5. The lowest BCUT2D eigenvalue weighted by molar-refractivity contribution is 0.670. The van der Waals surface area contributed by atoms with Crippen LogP contribution in [0.25, 0.3) is 44.2 Å². The molecule has 2 heteroatoms. The third-order valence-electron chi connectivity index (χ3n) is 4.40. The second kappa shape index (κ2) is 6.05. The van der Waals surface area contributed by atoms with Crippen molar-refractivity contribution in [3.8, 4) is 22.3 Å². The number of benzene rings is 4. The molecule has 0 spiro atoms. The van der Waals surface area contributed by atoms with Gasteiger partial charge in [-0.25, -0.2) is 0 Å². The van der Waals surface area contributed by atoms with E-state index in [1.807, 2.05) is 42.5 Å². The van der Waals surface area contributed by atoms with Gasteiger partial charge in [0.1, 0.15) is 11.2 Å². The molecule has 0 unspecified atom stereocenters. The fourth-order valence-corrected chi connectivity index (χ4v) is 3.49. The van der Waals surface area contributed by atoms with Crippen LogP contribution in [0.3, 0.4) is 0 Å². The van der Waals surface area contributed by atoms with E-state index in [4.69, 9.17) is 22.9 Å². The zero-order chi connectivity index (χ0) is 21.9. The minimum absolute atomic E-state index is 0.117. The third kappa shape index (κ3) is 2.49. The Labute approximate surface area is 163 Å². The van der Waals surface area contributed by atoms with Crippen molar-refractivity contribution in [2.24, 2.45) is 0 Å². The van der Waals surface area contributed by atoms with Crippen LogP contribution in [0.5, 0.6) is 0 Å². The van der Waals surface area contributed by atoms with Crippen LogP contribution < -0.4 is 0 Å². The second-order valence-electron chi connectivity index (χ2n) is 6.01. The first-order valence-corrected chi connectivity index (χ1v) is 8.53. The van der Waals surface area contributed by atoms with Crippen LogP contribution in [0.15, 0.2) is 95.3 Å². The van der Waals surface area contributed by atoms with Gasteiger partial charge in [0, 0.05) is 21.4 Å². The van der Waals surface area contributed by atoms with E-state index < -0.39 is 6.04 Å². The van der Waals surface area contributed by atoms with Crippen LogP contribution in [0.2, 0.25) is 5.02 Å². The number of rotatable bonds is 2. The lowest BCUT2D eigenvalue weighted by atomic mass is 9.97. The minimum atomic E-state index is -0.423. The molecule has 0 aliphatic carbocycles. The normalized spacial score (nSPS) is 14.0. The van der Waals surface area contributed by atoms with Crippen molar-refractivity contribution in [2.75, 3.05) is 0 Å². The molecule has 4 aromatic carbocycles. The van der Waals surface area contributed by atoms with Gasteiger partial charge in [-0.05, 0) is 41.0 Å². The van der Waals surface area contributed by atoms with Gasteiger partial charge in [-0.2, -0.15) is 0 Å². The van der Waals surface area contributed by atoms with E-state index in [-0.39, 0.29) is 29.7 Å². The SMILES string of the molecule is [2H]c1c([2H])c([2H])c(-c2cc(Cl)cc(-c3cccc4c3oc3ccccc34)c2)c([2H])c1[2H]. The van der Waals surface area contributed by atoms with Gasteiger partial charge in [0.15, 0.2) is 0 Å². The highest BCUT2D eigenvalue weighted by molar-refractivity contribution is 6.31. The Balaban J connectivity index is 1.79. The van der Waals surface area contributed by atoms with E-state index in [0.717, 1.165) is 27.5 Å². The molecule has 0 N–H and O–H groups in total. The maximum atomic E-state index is 8.29. The summed E-state index contributed by atoms with van der Waals surface area (Å²) >= 11 is 6.41. The highest BCUT2D eigenvalue weighted by Crippen LogP contribution is 2.38. The molecule has 0 fully saturated rings. The monoisotopic (exact) mass is 359 g/mol. The largest absolute Gasteiger partial charge is 0.455 e. The average Bonchev–Trinajstić information content (AvgIpc) is 3.15. The molecule has 0 saturated heterocycles. The molecule has 26 heavy (non-hydrogen) atoms. The first kappa shape index (κ1) is 10.8. The Morgan fingerprint density at radius 2 is 1.50 bits per heavy atom. The molecular weight excluding hydrogens is 340 g/mol. The Morgan fingerprint density at radius 1 is 0.731 bits per heavy atom. The fourth-order valence-electron chi connectivity index (χ4n) is 3.26. The van der Waals surface area contributed by atoms with Gasteiger partial charge >= 0.3 is 0 Å². The summed E-state index contributed by atoms with van der Waals surface area (Å²) in [7, 11) is 0. The molecule has 1 aromatic heterocycles. The summed E-state index contributed by atoms with van der Waals surface area (Å²) in [6, 6.07) is 17.1. The summed E-state index contributed by atoms with van der Waals surface area (Å²) in [5.41, 5.74) is 3.60. The van der Waals surface area contributed by atoms with E-state index in [1.165, 1.54) is 0 Å². The lowest BCUT2D eigenvalue weighted by Crippen LogP contribution is -1.83. The van der Waals surface area contributed by atoms with E-state index >= 15 is 0 Å². The summed E-state index contributed by atoms with van der Waals surface area (Å²) in [5.74, 6) is 0. The van der Waals surface area contributed by atoms with Crippen molar-refractivity contribution < 1.29 is 11.3 Å². The highest BCUT2D eigenvalue weighted by atomic mass is 35.5. The van der Waals surface area contributed by atoms with Gasteiger partial charge in [-0.1, -0.05) is 78.2 Å². The summed E-state index contributed by atoms with van der Waals surface area (Å²) in [4.78, 5) is 0. The van der Waals surface area contributed by atoms with E-state index in [0.29, 0.717) is 16.2 Å². The molecule has 0 aliphatic rings. The number of halogens is 1. The maximum absolute atomic E-state index is 8.29. The Bertz CT molecular complexity index is 1480. The smallest absolute Gasteiger partial charge is 0.143 e. The Kier molecular flexibility index (Phi) is 2.52. The standard InChI is InChI=1S/C24H15ClO/c25-19-14-17(16-7-2-1-3-8-16)13-18(15-19)20-10-6-11-22-21-9-4-5-12-23(21)26-24(20)22/h1-15H/i1D,2D,3D,7D,8D. The molecule has 5 rings (SSSR count). The Hall–Kier alpha value is -3.03. The van der Waals surface area contributed by atoms with Crippen LogP contribution in [0, 0.1) is 0 Å². The molecule has 5 aromatic rings. The van der Waals surface area contributed by atoms with Crippen molar-refractivity contribution in [2.45, 2.75) is 0 Å². The molecule has 124 valence electrons. The van der Waals surface area contributed by atoms with Gasteiger partial charge in [-0.15, -0.1) is 0 Å². The predicted octanol–water partition coefficient (Wildman–Crippen LogP) is 7.57. The van der Waals surface area contributed by atoms with Crippen molar-refractivity contribution >= 4 is 33.5 Å². The number of para-hydroxylation sites is 2. The first-order valence-electron chi connectivity index (χ1n) is 10.7. The van der Waals surface area contributed by atoms with Crippen LogP contribution in [0.4, 0.5) is 0 Å². The highest BCUT2D eigenvalue weighted by Gasteiger charge is 2.13.